The lowest BCUT2D eigenvalue weighted by Gasteiger charge is -2.34. The van der Waals surface area contributed by atoms with E-state index >= 15 is 0 Å². The average molecular weight is 339 g/mol. The summed E-state index contributed by atoms with van der Waals surface area (Å²) in [7, 11) is 1.75. The highest BCUT2D eigenvalue weighted by molar-refractivity contribution is 5.80. The maximum atomic E-state index is 12.5. The molecule has 0 amide bonds. The molecule has 1 fully saturated rings. The second-order valence-corrected chi connectivity index (χ2v) is 7.39. The topological polar surface area (TPSA) is 64.2 Å². The van der Waals surface area contributed by atoms with E-state index in [1.54, 1.807) is 11.6 Å². The highest BCUT2D eigenvalue weighted by atomic mass is 16.1. The van der Waals surface area contributed by atoms with Gasteiger partial charge in [-0.1, -0.05) is 38.8 Å². The molecule has 25 heavy (non-hydrogen) atoms. The summed E-state index contributed by atoms with van der Waals surface area (Å²) < 4.78 is 3.57. The summed E-state index contributed by atoms with van der Waals surface area (Å²) >= 11 is 0. The molecule has 0 spiro atoms. The normalized spacial score (nSPS) is 24.2. The molecule has 0 unspecified atom stereocenters. The third-order valence-electron chi connectivity index (χ3n) is 5.92. The van der Waals surface area contributed by atoms with Gasteiger partial charge in [0, 0.05) is 13.1 Å². The summed E-state index contributed by atoms with van der Waals surface area (Å²) in [6, 6.07) is 8.17. The lowest BCUT2D eigenvalue weighted by atomic mass is 9.78. The Bertz CT molecular complexity index is 973. The minimum Gasteiger partial charge on any atom is -0.307 e. The van der Waals surface area contributed by atoms with E-state index in [0.29, 0.717) is 29.7 Å². The Balaban J connectivity index is 1.72. The summed E-state index contributed by atoms with van der Waals surface area (Å²) in [5.74, 6) is 2.86. The van der Waals surface area contributed by atoms with Crippen molar-refractivity contribution in [3.63, 3.8) is 0 Å². The van der Waals surface area contributed by atoms with Crippen molar-refractivity contribution in [2.24, 2.45) is 18.9 Å². The summed E-state index contributed by atoms with van der Waals surface area (Å²) in [6.07, 6.45) is 3.81. The number of nitrogens with one attached hydrogen (secondary N) is 1. The maximum absolute atomic E-state index is 12.5. The van der Waals surface area contributed by atoms with Crippen LogP contribution in [0.15, 0.2) is 29.1 Å². The van der Waals surface area contributed by atoms with Crippen molar-refractivity contribution >= 4 is 16.7 Å². The van der Waals surface area contributed by atoms with Crippen LogP contribution in [-0.4, -0.2) is 25.2 Å². The van der Waals surface area contributed by atoms with E-state index in [4.69, 9.17) is 0 Å². The highest BCUT2D eigenvalue weighted by Gasteiger charge is 2.27. The fourth-order valence-corrected chi connectivity index (χ4v) is 4.10. The summed E-state index contributed by atoms with van der Waals surface area (Å²) in [5.41, 5.74) is 0.831. The zero-order valence-corrected chi connectivity index (χ0v) is 15.1. The smallest absolute Gasteiger partial charge is 0.262 e. The Morgan fingerprint density at radius 2 is 2.00 bits per heavy atom. The van der Waals surface area contributed by atoms with Crippen LogP contribution in [0.5, 0.6) is 0 Å². The molecule has 1 N–H and O–H groups in total. The lowest BCUT2D eigenvalue weighted by Crippen LogP contribution is -2.40. The second-order valence-electron chi connectivity index (χ2n) is 7.39. The molecule has 0 radical (unpaired) electrons. The van der Waals surface area contributed by atoms with E-state index in [1.165, 1.54) is 19.3 Å². The van der Waals surface area contributed by atoms with Crippen LogP contribution in [0.25, 0.3) is 16.7 Å². The van der Waals surface area contributed by atoms with Gasteiger partial charge in [-0.05, 0) is 30.4 Å². The first-order valence-corrected chi connectivity index (χ1v) is 9.13. The Kier molecular flexibility index (Phi) is 4.07. The first kappa shape index (κ1) is 16.3. The number of aromatic nitrogens is 4. The van der Waals surface area contributed by atoms with Crippen molar-refractivity contribution in [3.8, 4) is 0 Å². The molecule has 0 saturated heterocycles. The average Bonchev–Trinajstić information content (AvgIpc) is 3.05. The van der Waals surface area contributed by atoms with Crippen molar-refractivity contribution in [2.75, 3.05) is 0 Å². The number of hydrogen-bond donors (Lipinski definition) is 1. The maximum Gasteiger partial charge on any atom is 0.262 e. The molecule has 1 aliphatic rings. The molecule has 1 aromatic carbocycles. The minimum atomic E-state index is -0.0373. The van der Waals surface area contributed by atoms with E-state index in [9.17, 15) is 4.79 Å². The van der Waals surface area contributed by atoms with Crippen LogP contribution >= 0.6 is 0 Å². The van der Waals surface area contributed by atoms with Crippen molar-refractivity contribution in [3.05, 3.63) is 40.4 Å². The molecule has 1 saturated carbocycles. The largest absolute Gasteiger partial charge is 0.307 e. The van der Waals surface area contributed by atoms with E-state index in [2.05, 4.69) is 29.4 Å². The number of benzene rings is 1. The first-order valence-electron chi connectivity index (χ1n) is 9.13. The third kappa shape index (κ3) is 2.65. The van der Waals surface area contributed by atoms with Gasteiger partial charge >= 0.3 is 0 Å². The number of rotatable bonds is 3. The summed E-state index contributed by atoms with van der Waals surface area (Å²) in [6.45, 7) is 5.34. The van der Waals surface area contributed by atoms with Gasteiger partial charge < -0.3 is 5.32 Å². The van der Waals surface area contributed by atoms with Gasteiger partial charge in [-0.25, -0.2) is 0 Å². The molecule has 2 heterocycles. The molecular formula is C19H25N5O. The predicted octanol–water partition coefficient (Wildman–Crippen LogP) is 2.50. The minimum absolute atomic E-state index is 0.0373. The summed E-state index contributed by atoms with van der Waals surface area (Å²) in [4.78, 5) is 12.5. The second kappa shape index (κ2) is 6.26. The number of nitrogens with zero attached hydrogens (tertiary/aromatic N) is 4. The lowest BCUT2D eigenvalue weighted by molar-refractivity contribution is 0.205. The molecule has 6 heteroatoms. The van der Waals surface area contributed by atoms with Gasteiger partial charge in [0.05, 0.1) is 17.4 Å². The van der Waals surface area contributed by atoms with Gasteiger partial charge in [0.2, 0.25) is 5.78 Å². The Morgan fingerprint density at radius 1 is 1.20 bits per heavy atom. The molecule has 3 aromatic rings. The monoisotopic (exact) mass is 339 g/mol. The fraction of sp³-hybridized carbons (Fsp3) is 0.526. The number of fused-ring (bicyclic) bond motifs is 3. The van der Waals surface area contributed by atoms with Crippen LogP contribution in [0.4, 0.5) is 0 Å². The van der Waals surface area contributed by atoms with Gasteiger partial charge in [-0.15, -0.1) is 10.2 Å². The van der Waals surface area contributed by atoms with Gasteiger partial charge in [-0.2, -0.15) is 0 Å². The van der Waals surface area contributed by atoms with Gasteiger partial charge in [0.15, 0.2) is 5.82 Å². The molecule has 1 aliphatic carbocycles. The van der Waals surface area contributed by atoms with E-state index in [1.807, 2.05) is 28.7 Å². The zero-order chi connectivity index (χ0) is 17.6. The third-order valence-corrected chi connectivity index (χ3v) is 5.92. The van der Waals surface area contributed by atoms with E-state index < -0.39 is 0 Å². The van der Waals surface area contributed by atoms with Crippen LogP contribution in [0.2, 0.25) is 0 Å². The van der Waals surface area contributed by atoms with E-state index in [0.717, 1.165) is 17.3 Å². The van der Waals surface area contributed by atoms with E-state index in [-0.39, 0.29) is 5.56 Å². The number of para-hydroxylation sites is 1. The highest BCUT2D eigenvalue weighted by Crippen LogP contribution is 2.29. The van der Waals surface area contributed by atoms with Gasteiger partial charge in [0.25, 0.3) is 5.56 Å². The molecule has 132 valence electrons. The Morgan fingerprint density at radius 3 is 2.84 bits per heavy atom. The molecule has 6 nitrogen and oxygen atoms in total. The standard InChI is InChI=1S/C19H25N5O/c1-12-7-6-9-15(13(12)2)20-11-17-21-22-19-23(3)18(25)14-8-4-5-10-16(14)24(17)19/h4-5,8,10,12-13,15,20H,6-7,9,11H2,1-3H3/t12-,13-,15+/m1/s1. The Labute approximate surface area is 146 Å². The molecule has 4 rings (SSSR count). The molecule has 3 atom stereocenters. The van der Waals surface area contributed by atoms with Crippen molar-refractivity contribution in [1.29, 1.82) is 0 Å². The van der Waals surface area contributed by atoms with Crippen molar-refractivity contribution < 1.29 is 0 Å². The molecular weight excluding hydrogens is 314 g/mol. The number of aryl methyl sites for hydroxylation is 1. The van der Waals surface area contributed by atoms with Crippen LogP contribution in [0.3, 0.4) is 0 Å². The van der Waals surface area contributed by atoms with Crippen LogP contribution in [0.1, 0.15) is 38.9 Å². The predicted molar refractivity (Wildman–Crippen MR) is 98.5 cm³/mol. The van der Waals surface area contributed by atoms with Crippen molar-refractivity contribution in [2.45, 2.75) is 45.7 Å². The van der Waals surface area contributed by atoms with Crippen LogP contribution in [-0.2, 0) is 13.6 Å². The molecule has 0 bridgehead atoms. The Hall–Kier alpha value is -2.21. The SMILES string of the molecule is C[C@@H]1[C@H](C)CCC[C@@H]1NCc1nnc2n(C)c(=O)c3ccccc3n12. The first-order chi connectivity index (χ1) is 12.1. The fourth-order valence-electron chi connectivity index (χ4n) is 4.10. The number of hydrogen-bond acceptors (Lipinski definition) is 4. The van der Waals surface area contributed by atoms with Gasteiger partial charge in [-0.3, -0.25) is 13.8 Å². The molecule has 0 aliphatic heterocycles. The quantitative estimate of drug-likeness (QED) is 0.796. The van der Waals surface area contributed by atoms with Crippen LogP contribution in [0, 0.1) is 11.8 Å². The van der Waals surface area contributed by atoms with Crippen molar-refractivity contribution in [1.82, 2.24) is 24.5 Å². The summed E-state index contributed by atoms with van der Waals surface area (Å²) in [5, 5.41) is 13.0. The van der Waals surface area contributed by atoms with Gasteiger partial charge in [0.1, 0.15) is 0 Å². The van der Waals surface area contributed by atoms with Crippen LogP contribution < -0.4 is 10.9 Å². The zero-order valence-electron chi connectivity index (χ0n) is 15.1. The molecule has 2 aromatic heterocycles.